The van der Waals surface area contributed by atoms with Crippen molar-refractivity contribution in [3.63, 3.8) is 0 Å². The van der Waals surface area contributed by atoms with E-state index in [0.717, 1.165) is 17.0 Å². The number of carbonyl (C=O) groups is 1. The molecule has 0 unspecified atom stereocenters. The summed E-state index contributed by atoms with van der Waals surface area (Å²) in [7, 11) is 1.62. The Labute approximate surface area is 131 Å². The number of hydrogen-bond donors (Lipinski definition) is 0. The van der Waals surface area contributed by atoms with Gasteiger partial charge in [0.15, 0.2) is 5.78 Å². The van der Waals surface area contributed by atoms with Crippen LogP contribution in [0.4, 0.5) is 0 Å². The summed E-state index contributed by atoms with van der Waals surface area (Å²) in [5.74, 6) is 0.613. The molecule has 0 spiro atoms. The zero-order valence-corrected chi connectivity index (χ0v) is 13.5. The maximum absolute atomic E-state index is 11.7. The molecule has 1 aromatic carbocycles. The predicted octanol–water partition coefficient (Wildman–Crippen LogP) is 3.37. The monoisotopic (exact) mass is 299 g/mol. The molecule has 22 heavy (non-hydrogen) atoms. The summed E-state index contributed by atoms with van der Waals surface area (Å²) in [6.07, 6.45) is 1.41. The van der Waals surface area contributed by atoms with Crippen molar-refractivity contribution in [3.05, 3.63) is 47.3 Å². The molecule has 0 saturated carbocycles. The first-order valence-corrected chi connectivity index (χ1v) is 7.21. The van der Waals surface area contributed by atoms with Crippen molar-refractivity contribution in [2.24, 2.45) is 0 Å². The molecule has 0 aliphatic rings. The second-order valence-corrected chi connectivity index (χ2v) is 4.41. The highest BCUT2D eigenvalue weighted by Crippen LogP contribution is 2.15. The number of nitriles is 1. The van der Waals surface area contributed by atoms with Gasteiger partial charge in [0.1, 0.15) is 5.75 Å². The highest BCUT2D eigenvalue weighted by molar-refractivity contribution is 5.98. The molecule has 116 valence electrons. The fourth-order valence-corrected chi connectivity index (χ4v) is 1.95. The number of benzene rings is 1. The van der Waals surface area contributed by atoms with Crippen LogP contribution in [0.5, 0.6) is 5.75 Å². The van der Waals surface area contributed by atoms with Gasteiger partial charge < -0.3 is 4.74 Å². The van der Waals surface area contributed by atoms with Crippen molar-refractivity contribution < 1.29 is 9.53 Å². The minimum Gasteiger partial charge on any atom is -0.497 e. The molecule has 1 aromatic heterocycles. The number of carbonyl (C=O) groups excluding carboxylic acids is 1. The number of hydrogen-bond acceptors (Lipinski definition) is 4. The minimum atomic E-state index is -0.189. The van der Waals surface area contributed by atoms with Gasteiger partial charge in [-0.3, -0.25) is 9.48 Å². The van der Waals surface area contributed by atoms with Crippen LogP contribution >= 0.6 is 0 Å². The Morgan fingerprint density at radius 2 is 1.95 bits per heavy atom. The smallest absolute Gasteiger partial charge is 0.180 e. The van der Waals surface area contributed by atoms with Crippen LogP contribution in [0.15, 0.2) is 30.5 Å². The van der Waals surface area contributed by atoms with E-state index in [2.05, 4.69) is 5.10 Å². The number of Topliss-reactive ketones (excluding diaryl/α,β-unsaturated/α-hetero) is 1. The lowest BCUT2D eigenvalue weighted by molar-refractivity contribution is 0.0997. The van der Waals surface area contributed by atoms with Crippen LogP contribution in [0.2, 0.25) is 0 Å². The van der Waals surface area contributed by atoms with Gasteiger partial charge in [-0.25, -0.2) is 0 Å². The molecule has 0 bridgehead atoms. The van der Waals surface area contributed by atoms with E-state index in [0.29, 0.717) is 12.1 Å². The van der Waals surface area contributed by atoms with Gasteiger partial charge in [-0.1, -0.05) is 26.0 Å². The number of rotatable bonds is 5. The first-order chi connectivity index (χ1) is 10.7. The molecule has 0 radical (unpaired) electrons. The Morgan fingerprint density at radius 1 is 1.32 bits per heavy atom. The fraction of sp³-hybridized carbons (Fsp3) is 0.353. The Morgan fingerprint density at radius 3 is 2.50 bits per heavy atom. The summed E-state index contributed by atoms with van der Waals surface area (Å²) in [5.41, 5.74) is 2.36. The Balaban J connectivity index is 0.00000116. The van der Waals surface area contributed by atoms with Crippen LogP contribution in [0.1, 0.15) is 41.9 Å². The van der Waals surface area contributed by atoms with E-state index in [1.165, 1.54) is 6.20 Å². The molecule has 5 heteroatoms. The van der Waals surface area contributed by atoms with E-state index >= 15 is 0 Å². The fourth-order valence-electron chi connectivity index (χ4n) is 1.95. The van der Waals surface area contributed by atoms with Gasteiger partial charge in [0.25, 0.3) is 0 Å². The molecule has 0 N–H and O–H groups in total. The molecule has 1 heterocycles. The van der Waals surface area contributed by atoms with E-state index < -0.39 is 0 Å². The third kappa shape index (κ3) is 4.19. The van der Waals surface area contributed by atoms with Crippen molar-refractivity contribution in [2.75, 3.05) is 7.11 Å². The highest BCUT2D eigenvalue weighted by atomic mass is 16.5. The molecule has 2 aromatic rings. The van der Waals surface area contributed by atoms with Crippen LogP contribution < -0.4 is 4.74 Å². The Kier molecular flexibility index (Phi) is 6.84. The second-order valence-electron chi connectivity index (χ2n) is 4.41. The van der Waals surface area contributed by atoms with Crippen LogP contribution in [-0.2, 0) is 6.54 Å². The summed E-state index contributed by atoms with van der Waals surface area (Å²) in [6.45, 7) is 6.41. The molecular weight excluding hydrogens is 278 g/mol. The number of methoxy groups -OCH3 is 1. The number of aromatic nitrogens is 2. The third-order valence-corrected chi connectivity index (χ3v) is 3.13. The predicted molar refractivity (Wildman–Crippen MR) is 85.0 cm³/mol. The quantitative estimate of drug-likeness (QED) is 0.794. The van der Waals surface area contributed by atoms with Gasteiger partial charge >= 0.3 is 0 Å². The molecule has 0 atom stereocenters. The number of ether oxygens (including phenoxy) is 1. The lowest BCUT2D eigenvalue weighted by Crippen LogP contribution is -2.06. The lowest BCUT2D eigenvalue weighted by Gasteiger charge is -2.06. The SMILES string of the molecule is CC.COc1ccc(Cn2ncc(C(=O)CC#N)c2C)cc1. The zero-order valence-electron chi connectivity index (χ0n) is 13.5. The summed E-state index contributed by atoms with van der Waals surface area (Å²) >= 11 is 0. The van der Waals surface area contributed by atoms with Crippen molar-refractivity contribution in [1.82, 2.24) is 9.78 Å². The van der Waals surface area contributed by atoms with Gasteiger partial charge in [0, 0.05) is 5.69 Å². The van der Waals surface area contributed by atoms with E-state index in [4.69, 9.17) is 10.00 Å². The normalized spacial score (nSPS) is 9.41. The molecule has 2 rings (SSSR count). The van der Waals surface area contributed by atoms with E-state index in [1.54, 1.807) is 11.8 Å². The largest absolute Gasteiger partial charge is 0.497 e. The standard InChI is InChI=1S/C15H15N3O2.C2H6/c1-11-14(15(19)7-8-16)9-17-18(11)10-12-3-5-13(20-2)6-4-12;1-2/h3-6,9H,7,10H2,1-2H3;1-2H3. The van der Waals surface area contributed by atoms with E-state index in [-0.39, 0.29) is 12.2 Å². The van der Waals surface area contributed by atoms with Crippen molar-refractivity contribution >= 4 is 5.78 Å². The first-order valence-electron chi connectivity index (χ1n) is 7.21. The minimum absolute atomic E-state index is 0.116. The highest BCUT2D eigenvalue weighted by Gasteiger charge is 2.13. The Hall–Kier alpha value is -2.61. The molecule has 0 aliphatic heterocycles. The summed E-state index contributed by atoms with van der Waals surface area (Å²) in [5, 5.41) is 12.8. The zero-order chi connectivity index (χ0) is 16.5. The number of ketones is 1. The Bertz CT molecular complexity index is 652. The molecular formula is C17H21N3O2. The van der Waals surface area contributed by atoms with Crippen LogP contribution in [0, 0.1) is 18.3 Å². The average Bonchev–Trinajstić information content (AvgIpc) is 2.91. The average molecular weight is 299 g/mol. The maximum Gasteiger partial charge on any atom is 0.180 e. The summed E-state index contributed by atoms with van der Waals surface area (Å²) < 4.78 is 6.86. The van der Waals surface area contributed by atoms with E-state index in [1.807, 2.05) is 51.1 Å². The second kappa shape index (κ2) is 8.63. The van der Waals surface area contributed by atoms with Crippen molar-refractivity contribution in [1.29, 1.82) is 5.26 Å². The maximum atomic E-state index is 11.7. The van der Waals surface area contributed by atoms with Crippen molar-refractivity contribution in [2.45, 2.75) is 33.7 Å². The molecule has 5 nitrogen and oxygen atoms in total. The van der Waals surface area contributed by atoms with Gasteiger partial charge in [-0.15, -0.1) is 0 Å². The first kappa shape index (κ1) is 17.4. The molecule has 0 aliphatic carbocycles. The summed E-state index contributed by atoms with van der Waals surface area (Å²) in [4.78, 5) is 11.7. The number of nitrogens with zero attached hydrogens (tertiary/aromatic N) is 3. The van der Waals surface area contributed by atoms with Gasteiger partial charge in [0.2, 0.25) is 0 Å². The lowest BCUT2D eigenvalue weighted by atomic mass is 10.1. The molecule has 0 amide bonds. The van der Waals surface area contributed by atoms with Gasteiger partial charge in [-0.2, -0.15) is 10.4 Å². The van der Waals surface area contributed by atoms with Gasteiger partial charge in [-0.05, 0) is 24.6 Å². The van der Waals surface area contributed by atoms with Crippen LogP contribution in [0.3, 0.4) is 0 Å². The van der Waals surface area contributed by atoms with Crippen LogP contribution in [0.25, 0.3) is 0 Å². The molecule has 0 fully saturated rings. The van der Waals surface area contributed by atoms with E-state index in [9.17, 15) is 4.79 Å². The summed E-state index contributed by atoms with van der Waals surface area (Å²) in [6, 6.07) is 9.54. The topological polar surface area (TPSA) is 67.9 Å². The molecule has 0 saturated heterocycles. The van der Waals surface area contributed by atoms with Crippen molar-refractivity contribution in [3.8, 4) is 11.8 Å². The van der Waals surface area contributed by atoms with Gasteiger partial charge in [0.05, 0.1) is 37.9 Å². The van der Waals surface area contributed by atoms with Crippen LogP contribution in [-0.4, -0.2) is 22.7 Å². The third-order valence-electron chi connectivity index (χ3n) is 3.13.